The van der Waals surface area contributed by atoms with Crippen LogP contribution >= 0.6 is 12.4 Å². The monoisotopic (exact) mass is 326 g/mol. The molecule has 0 aromatic heterocycles. The number of carbonyl (C=O) groups is 1. The minimum absolute atomic E-state index is 0. The molecule has 1 aromatic rings. The molecule has 1 aromatic carbocycles. The van der Waals surface area contributed by atoms with Crippen LogP contribution in [0, 0.1) is 5.92 Å². The predicted molar refractivity (Wildman–Crippen MR) is 87.0 cm³/mol. The lowest BCUT2D eigenvalue weighted by Gasteiger charge is -2.34. The third kappa shape index (κ3) is 3.47. The molecule has 1 saturated heterocycles. The van der Waals surface area contributed by atoms with E-state index in [2.05, 4.69) is 0 Å². The number of carbonyl (C=O) groups excluding carboxylic acids is 1. The molecule has 5 nitrogen and oxygen atoms in total. The van der Waals surface area contributed by atoms with Crippen LogP contribution in [-0.4, -0.2) is 43.2 Å². The fourth-order valence-electron chi connectivity index (χ4n) is 2.99. The molecule has 0 spiro atoms. The second-order valence-corrected chi connectivity index (χ2v) is 5.85. The molecule has 0 radical (unpaired) electrons. The van der Waals surface area contributed by atoms with Crippen molar-refractivity contribution in [2.45, 2.75) is 25.8 Å². The van der Waals surface area contributed by atoms with Crippen LogP contribution in [0.5, 0.6) is 11.5 Å². The lowest BCUT2D eigenvalue weighted by Crippen LogP contribution is -2.42. The molecule has 1 fully saturated rings. The van der Waals surface area contributed by atoms with Crippen LogP contribution in [0.3, 0.4) is 0 Å². The number of halogens is 1. The number of nitrogens with two attached hydrogens (primary N) is 1. The van der Waals surface area contributed by atoms with Gasteiger partial charge in [-0.1, -0.05) is 0 Å². The zero-order valence-corrected chi connectivity index (χ0v) is 13.6. The zero-order valence-electron chi connectivity index (χ0n) is 12.8. The van der Waals surface area contributed by atoms with Crippen LogP contribution in [0.15, 0.2) is 18.2 Å². The van der Waals surface area contributed by atoms with E-state index >= 15 is 0 Å². The van der Waals surface area contributed by atoms with Gasteiger partial charge in [0.2, 0.25) is 0 Å². The first kappa shape index (κ1) is 16.9. The number of hydrogen-bond acceptors (Lipinski definition) is 4. The van der Waals surface area contributed by atoms with Gasteiger partial charge in [-0.15, -0.1) is 12.4 Å². The summed E-state index contributed by atoms with van der Waals surface area (Å²) in [5.74, 6) is 1.97. The molecule has 2 N–H and O–H groups in total. The summed E-state index contributed by atoms with van der Waals surface area (Å²) in [7, 11) is 0. The van der Waals surface area contributed by atoms with Crippen molar-refractivity contribution >= 4 is 18.3 Å². The van der Waals surface area contributed by atoms with Crippen LogP contribution in [0.2, 0.25) is 0 Å². The normalized spacial score (nSPS) is 19.3. The van der Waals surface area contributed by atoms with Crippen LogP contribution in [0.25, 0.3) is 0 Å². The number of ether oxygens (including phenoxy) is 2. The summed E-state index contributed by atoms with van der Waals surface area (Å²) in [6.07, 6.45) is 1.96. The molecule has 0 saturated carbocycles. The highest BCUT2D eigenvalue weighted by atomic mass is 35.5. The first-order valence-electron chi connectivity index (χ1n) is 7.59. The maximum atomic E-state index is 12.6. The van der Waals surface area contributed by atoms with Crippen LogP contribution in [0.1, 0.15) is 30.1 Å². The molecular weight excluding hydrogens is 304 g/mol. The van der Waals surface area contributed by atoms with E-state index in [0.717, 1.165) is 25.9 Å². The van der Waals surface area contributed by atoms with Crippen molar-refractivity contribution in [3.8, 4) is 11.5 Å². The Morgan fingerprint density at radius 2 is 1.86 bits per heavy atom. The largest absolute Gasteiger partial charge is 0.486 e. The standard InChI is InChI=1S/C16H22N2O3.ClH/c1-11(17)12-4-6-18(7-5-12)16(19)13-2-3-14-15(10-13)21-9-8-20-14;/h2-3,10-12H,4-9,17H2,1H3;1H. The zero-order chi connectivity index (χ0) is 14.8. The number of rotatable bonds is 2. The average Bonchev–Trinajstić information content (AvgIpc) is 2.54. The summed E-state index contributed by atoms with van der Waals surface area (Å²) in [5, 5.41) is 0. The lowest BCUT2D eigenvalue weighted by atomic mass is 9.90. The van der Waals surface area contributed by atoms with Crippen molar-refractivity contribution in [1.29, 1.82) is 0 Å². The van der Waals surface area contributed by atoms with Crippen LogP contribution < -0.4 is 15.2 Å². The van der Waals surface area contributed by atoms with Gasteiger partial charge in [0.1, 0.15) is 13.2 Å². The van der Waals surface area contributed by atoms with Crippen LogP contribution in [0.4, 0.5) is 0 Å². The Hall–Kier alpha value is -1.46. The highest BCUT2D eigenvalue weighted by molar-refractivity contribution is 5.95. The molecule has 2 heterocycles. The molecule has 2 aliphatic heterocycles. The van der Waals surface area contributed by atoms with Crippen molar-refractivity contribution in [2.75, 3.05) is 26.3 Å². The number of benzene rings is 1. The highest BCUT2D eigenvalue weighted by Crippen LogP contribution is 2.31. The van der Waals surface area contributed by atoms with Crippen molar-refractivity contribution in [1.82, 2.24) is 4.90 Å². The Morgan fingerprint density at radius 1 is 1.23 bits per heavy atom. The van der Waals surface area contributed by atoms with E-state index in [1.807, 2.05) is 24.0 Å². The van der Waals surface area contributed by atoms with Gasteiger partial charge in [-0.05, 0) is 43.9 Å². The molecule has 122 valence electrons. The number of hydrogen-bond donors (Lipinski definition) is 1. The summed E-state index contributed by atoms with van der Waals surface area (Å²) in [6, 6.07) is 5.62. The molecule has 0 bridgehead atoms. The smallest absolute Gasteiger partial charge is 0.253 e. The molecule has 6 heteroatoms. The van der Waals surface area contributed by atoms with Gasteiger partial charge in [0.05, 0.1) is 0 Å². The Kier molecular flexibility index (Phi) is 5.53. The minimum Gasteiger partial charge on any atom is -0.486 e. The summed E-state index contributed by atoms with van der Waals surface area (Å²) < 4.78 is 11.0. The first-order valence-corrected chi connectivity index (χ1v) is 7.59. The Bertz CT molecular complexity index is 528. The van der Waals surface area contributed by atoms with E-state index in [-0.39, 0.29) is 24.4 Å². The van der Waals surface area contributed by atoms with Gasteiger partial charge in [0, 0.05) is 24.7 Å². The summed E-state index contributed by atoms with van der Waals surface area (Å²) in [6.45, 7) is 4.69. The maximum Gasteiger partial charge on any atom is 0.253 e. The number of likely N-dealkylation sites (tertiary alicyclic amines) is 1. The number of piperidine rings is 1. The van der Waals surface area contributed by atoms with Crippen molar-refractivity contribution in [3.05, 3.63) is 23.8 Å². The highest BCUT2D eigenvalue weighted by Gasteiger charge is 2.26. The lowest BCUT2D eigenvalue weighted by molar-refractivity contribution is 0.0680. The molecule has 1 atom stereocenters. The van der Waals surface area contributed by atoms with Gasteiger partial charge in [-0.3, -0.25) is 4.79 Å². The Balaban J connectivity index is 0.00000176. The van der Waals surface area contributed by atoms with E-state index < -0.39 is 0 Å². The topological polar surface area (TPSA) is 64.8 Å². The quantitative estimate of drug-likeness (QED) is 0.903. The van der Waals surface area contributed by atoms with Gasteiger partial charge in [-0.25, -0.2) is 0 Å². The fourth-order valence-corrected chi connectivity index (χ4v) is 2.99. The fraction of sp³-hybridized carbons (Fsp3) is 0.562. The molecule has 1 unspecified atom stereocenters. The molecule has 3 rings (SSSR count). The number of nitrogens with zero attached hydrogens (tertiary/aromatic N) is 1. The van der Waals surface area contributed by atoms with E-state index in [0.29, 0.717) is 36.2 Å². The number of fused-ring (bicyclic) bond motifs is 1. The van der Waals surface area contributed by atoms with Crippen molar-refractivity contribution < 1.29 is 14.3 Å². The van der Waals surface area contributed by atoms with E-state index in [1.165, 1.54) is 0 Å². The van der Waals surface area contributed by atoms with Gasteiger partial charge in [0.15, 0.2) is 11.5 Å². The average molecular weight is 327 g/mol. The van der Waals surface area contributed by atoms with E-state index in [9.17, 15) is 4.79 Å². The Morgan fingerprint density at radius 3 is 2.50 bits per heavy atom. The first-order chi connectivity index (χ1) is 10.1. The van der Waals surface area contributed by atoms with E-state index in [4.69, 9.17) is 15.2 Å². The van der Waals surface area contributed by atoms with Crippen LogP contribution in [-0.2, 0) is 0 Å². The second kappa shape index (κ2) is 7.20. The molecular formula is C16H23ClN2O3. The predicted octanol–water partition coefficient (Wildman–Crippen LogP) is 2.08. The third-order valence-electron chi connectivity index (χ3n) is 4.36. The van der Waals surface area contributed by atoms with Gasteiger partial charge in [-0.2, -0.15) is 0 Å². The van der Waals surface area contributed by atoms with Gasteiger partial charge >= 0.3 is 0 Å². The molecule has 2 aliphatic rings. The Labute approximate surface area is 137 Å². The summed E-state index contributed by atoms with van der Waals surface area (Å²) in [5.41, 5.74) is 6.61. The van der Waals surface area contributed by atoms with E-state index in [1.54, 1.807) is 6.07 Å². The summed E-state index contributed by atoms with van der Waals surface area (Å²) >= 11 is 0. The van der Waals surface area contributed by atoms with Crippen molar-refractivity contribution in [3.63, 3.8) is 0 Å². The SMILES string of the molecule is CC(N)C1CCN(C(=O)c2ccc3c(c2)OCCO3)CC1.Cl. The van der Waals surface area contributed by atoms with Gasteiger partial charge < -0.3 is 20.1 Å². The second-order valence-electron chi connectivity index (χ2n) is 5.85. The molecule has 1 amide bonds. The molecule has 0 aliphatic carbocycles. The minimum atomic E-state index is 0. The van der Waals surface area contributed by atoms with Gasteiger partial charge in [0.25, 0.3) is 5.91 Å². The number of amides is 1. The third-order valence-corrected chi connectivity index (χ3v) is 4.36. The maximum absolute atomic E-state index is 12.6. The summed E-state index contributed by atoms with van der Waals surface area (Å²) in [4.78, 5) is 14.5. The molecule has 22 heavy (non-hydrogen) atoms. The van der Waals surface area contributed by atoms with Crippen molar-refractivity contribution in [2.24, 2.45) is 11.7 Å².